The van der Waals surface area contributed by atoms with Gasteiger partial charge in [0.15, 0.2) is 0 Å². The molecule has 2 aliphatic carbocycles. The first-order valence-corrected chi connectivity index (χ1v) is 19.3. The lowest BCUT2D eigenvalue weighted by atomic mass is 9.97. The van der Waals surface area contributed by atoms with E-state index in [1.54, 1.807) is 0 Å². The van der Waals surface area contributed by atoms with Crippen molar-refractivity contribution in [1.29, 1.82) is 0 Å². The van der Waals surface area contributed by atoms with Crippen LogP contribution in [0.1, 0.15) is 35.4 Å². The summed E-state index contributed by atoms with van der Waals surface area (Å²) in [7, 11) is 0. The minimum absolute atomic E-state index is 1.04. The molecule has 8 aromatic carbocycles. The van der Waals surface area contributed by atoms with Crippen molar-refractivity contribution in [3.05, 3.63) is 180 Å². The summed E-state index contributed by atoms with van der Waals surface area (Å²) in [6.45, 7) is 0. The molecule has 10 aromatic rings. The fourth-order valence-corrected chi connectivity index (χ4v) is 9.67. The summed E-state index contributed by atoms with van der Waals surface area (Å²) in [6, 6.07) is 54.7. The van der Waals surface area contributed by atoms with E-state index in [1.807, 2.05) is 0 Å². The zero-order valence-corrected chi connectivity index (χ0v) is 29.9. The van der Waals surface area contributed by atoms with Crippen LogP contribution in [-0.4, -0.2) is 9.13 Å². The fraction of sp³-hybridized carbons (Fsp3) is 0.0769. The number of aromatic nitrogens is 2. The van der Waals surface area contributed by atoms with Crippen LogP contribution in [0.2, 0.25) is 0 Å². The van der Waals surface area contributed by atoms with Gasteiger partial charge in [0.25, 0.3) is 0 Å². The van der Waals surface area contributed by atoms with Crippen molar-refractivity contribution in [3.8, 4) is 22.5 Å². The van der Waals surface area contributed by atoms with Crippen LogP contribution in [0.25, 0.3) is 99.5 Å². The molecular weight excluding hydrogens is 653 g/mol. The lowest BCUT2D eigenvalue weighted by Gasteiger charge is -2.15. The molecule has 0 saturated carbocycles. The second-order valence-corrected chi connectivity index (χ2v) is 15.1. The number of benzene rings is 8. The van der Waals surface area contributed by atoms with Crippen LogP contribution in [0.4, 0.5) is 0 Å². The highest BCUT2D eigenvalue weighted by Crippen LogP contribution is 2.41. The molecule has 254 valence electrons. The quantitative estimate of drug-likeness (QED) is 0.164. The Balaban J connectivity index is 0.997. The lowest BCUT2D eigenvalue weighted by Crippen LogP contribution is -2.03. The zero-order valence-electron chi connectivity index (χ0n) is 29.9. The molecule has 54 heavy (non-hydrogen) atoms. The molecule has 2 heterocycles. The van der Waals surface area contributed by atoms with Crippen molar-refractivity contribution >= 4 is 77.0 Å². The molecule has 0 unspecified atom stereocenters. The van der Waals surface area contributed by atoms with Crippen LogP contribution in [0.3, 0.4) is 0 Å². The number of rotatable bonds is 3. The van der Waals surface area contributed by atoms with Crippen LogP contribution in [0, 0.1) is 0 Å². The van der Waals surface area contributed by atoms with Gasteiger partial charge in [-0.25, -0.2) is 0 Å². The van der Waals surface area contributed by atoms with Gasteiger partial charge in [-0.15, -0.1) is 0 Å². The van der Waals surface area contributed by atoms with Gasteiger partial charge in [0, 0.05) is 44.7 Å². The van der Waals surface area contributed by atoms with E-state index >= 15 is 0 Å². The highest BCUT2D eigenvalue weighted by atomic mass is 15.0. The summed E-state index contributed by atoms with van der Waals surface area (Å²) in [5, 5.41) is 13.0. The standard InChI is InChI=1S/C52H36N2/c1-3-11-41-33(9-1)17-19-37-29-39(23-25-43(37)41)53-49-15-7-5-13-45(49)47-31-35(21-27-51(47)53)36-22-28-52-48(32-36)46-14-6-8-16-50(46)54(52)40-24-26-44-38(30-40)20-18-34-10-2-4-12-42(34)44/h1-6,9-14,17-32H,7-8,15-16H2. The van der Waals surface area contributed by atoms with Gasteiger partial charge in [0.05, 0.1) is 11.0 Å². The maximum Gasteiger partial charge on any atom is 0.0538 e. The minimum Gasteiger partial charge on any atom is -0.313 e. The van der Waals surface area contributed by atoms with E-state index in [2.05, 4.69) is 179 Å². The Bertz CT molecular complexity index is 3050. The third-order valence-electron chi connectivity index (χ3n) is 12.2. The number of fused-ring (bicyclic) bond motifs is 12. The molecule has 2 heteroatoms. The van der Waals surface area contributed by atoms with Crippen molar-refractivity contribution in [2.24, 2.45) is 0 Å². The maximum absolute atomic E-state index is 2.52. The minimum atomic E-state index is 1.04. The SMILES string of the molecule is C1=Cc2c(n(-c3ccc4c(ccc5ccccc54)c3)c3ccc(-c4ccc5c(c4)c4c(n5-c5ccc6c(ccc7ccccc76)c5)CCC=C4)cc23)CC1. The van der Waals surface area contributed by atoms with Crippen LogP contribution in [0.15, 0.2) is 158 Å². The smallest absolute Gasteiger partial charge is 0.0538 e. The van der Waals surface area contributed by atoms with E-state index in [0.717, 1.165) is 25.7 Å². The van der Waals surface area contributed by atoms with E-state index in [4.69, 9.17) is 0 Å². The van der Waals surface area contributed by atoms with E-state index in [0.29, 0.717) is 0 Å². The van der Waals surface area contributed by atoms with Crippen LogP contribution < -0.4 is 0 Å². The molecule has 2 aromatic heterocycles. The van der Waals surface area contributed by atoms with Crippen LogP contribution in [-0.2, 0) is 12.8 Å². The monoisotopic (exact) mass is 688 g/mol. The topological polar surface area (TPSA) is 9.86 Å². The number of hydrogen-bond acceptors (Lipinski definition) is 0. The van der Waals surface area contributed by atoms with Crippen LogP contribution in [0.5, 0.6) is 0 Å². The zero-order chi connectivity index (χ0) is 35.3. The van der Waals surface area contributed by atoms with Gasteiger partial charge in [-0.1, -0.05) is 121 Å². The molecule has 2 aliphatic rings. The average molecular weight is 689 g/mol. The Kier molecular flexibility index (Phi) is 6.32. The largest absolute Gasteiger partial charge is 0.313 e. The Labute approximate surface area is 313 Å². The van der Waals surface area contributed by atoms with Crippen molar-refractivity contribution in [2.75, 3.05) is 0 Å². The van der Waals surface area contributed by atoms with Crippen molar-refractivity contribution in [3.63, 3.8) is 0 Å². The maximum atomic E-state index is 2.52. The third kappa shape index (κ3) is 4.34. The van der Waals surface area contributed by atoms with Gasteiger partial charge >= 0.3 is 0 Å². The predicted octanol–water partition coefficient (Wildman–Crippen LogP) is 13.8. The summed E-state index contributed by atoms with van der Waals surface area (Å²) in [5.74, 6) is 0. The first kappa shape index (κ1) is 29.9. The molecule has 0 fully saturated rings. The van der Waals surface area contributed by atoms with Gasteiger partial charge < -0.3 is 9.13 Å². The van der Waals surface area contributed by atoms with E-state index in [-0.39, 0.29) is 0 Å². The molecule has 0 atom stereocenters. The summed E-state index contributed by atoms with van der Waals surface area (Å²) in [4.78, 5) is 0. The second-order valence-electron chi connectivity index (χ2n) is 15.1. The molecule has 12 rings (SSSR count). The number of hydrogen-bond donors (Lipinski definition) is 0. The van der Waals surface area contributed by atoms with Crippen molar-refractivity contribution in [1.82, 2.24) is 9.13 Å². The summed E-state index contributed by atoms with van der Waals surface area (Å²) >= 11 is 0. The van der Waals surface area contributed by atoms with Gasteiger partial charge in [0.2, 0.25) is 0 Å². The van der Waals surface area contributed by atoms with E-state index in [1.165, 1.54) is 110 Å². The highest BCUT2D eigenvalue weighted by Gasteiger charge is 2.22. The van der Waals surface area contributed by atoms with E-state index in [9.17, 15) is 0 Å². The second kappa shape index (κ2) is 11.4. The average Bonchev–Trinajstić information content (AvgIpc) is 3.75. The Hall–Kier alpha value is -6.64. The molecule has 0 spiro atoms. The normalized spacial score (nSPS) is 13.9. The molecular formula is C52H36N2. The van der Waals surface area contributed by atoms with Crippen molar-refractivity contribution in [2.45, 2.75) is 25.7 Å². The fourth-order valence-electron chi connectivity index (χ4n) is 9.67. The number of nitrogens with zero attached hydrogens (tertiary/aromatic N) is 2. The highest BCUT2D eigenvalue weighted by molar-refractivity contribution is 6.09. The van der Waals surface area contributed by atoms with Gasteiger partial charge in [0.1, 0.15) is 0 Å². The molecule has 0 aliphatic heterocycles. The Morgan fingerprint density at radius 3 is 1.30 bits per heavy atom. The molecule has 0 bridgehead atoms. The Morgan fingerprint density at radius 2 is 0.796 bits per heavy atom. The van der Waals surface area contributed by atoms with Gasteiger partial charge in [-0.3, -0.25) is 0 Å². The summed E-state index contributed by atoms with van der Waals surface area (Å²) in [5.41, 5.74) is 13.0. The van der Waals surface area contributed by atoms with Crippen LogP contribution >= 0.6 is 0 Å². The summed E-state index contributed by atoms with van der Waals surface area (Å²) < 4.78 is 5.03. The number of allylic oxidation sites excluding steroid dienone is 2. The molecule has 0 radical (unpaired) electrons. The first-order valence-electron chi connectivity index (χ1n) is 19.3. The van der Waals surface area contributed by atoms with Gasteiger partial charge in [-0.2, -0.15) is 0 Å². The first-order chi connectivity index (χ1) is 26.8. The molecule has 0 N–H and O–H groups in total. The third-order valence-corrected chi connectivity index (χ3v) is 12.2. The molecule has 0 saturated heterocycles. The molecule has 2 nitrogen and oxygen atoms in total. The van der Waals surface area contributed by atoms with Crippen molar-refractivity contribution < 1.29 is 0 Å². The lowest BCUT2D eigenvalue weighted by molar-refractivity contribution is 0.889. The molecule has 0 amide bonds. The summed E-state index contributed by atoms with van der Waals surface area (Å²) in [6.07, 6.45) is 13.6. The Morgan fingerprint density at radius 1 is 0.352 bits per heavy atom. The van der Waals surface area contributed by atoms with Gasteiger partial charge in [-0.05, 0) is 128 Å². The van der Waals surface area contributed by atoms with E-state index < -0.39 is 0 Å². The predicted molar refractivity (Wildman–Crippen MR) is 230 cm³/mol.